The quantitative estimate of drug-likeness (QED) is 0.164. The van der Waals surface area contributed by atoms with Gasteiger partial charge in [0.05, 0.1) is 0 Å². The molecule has 51 heavy (non-hydrogen) atoms. The molecule has 0 spiro atoms. The van der Waals surface area contributed by atoms with Crippen LogP contribution in [-0.4, -0.2) is 14.7 Å². The molecule has 0 unspecified atom stereocenters. The molecule has 0 saturated carbocycles. The van der Waals surface area contributed by atoms with Gasteiger partial charge in [-0.25, -0.2) is 0 Å². The Morgan fingerprint density at radius 1 is 0.412 bits per heavy atom. The molecule has 274 valence electrons. The maximum atomic E-state index is 12.9. The molecular weight excluding hydrogens is 643 g/mol. The zero-order chi connectivity index (χ0) is 38.5. The molecule has 0 aromatic heterocycles. The third-order valence-corrected chi connectivity index (χ3v) is 13.1. The first-order valence-corrected chi connectivity index (χ1v) is 20.6. The van der Waals surface area contributed by atoms with Crippen molar-refractivity contribution in [1.82, 2.24) is 0 Å². The molecule has 0 radical (unpaired) electrons. The number of fused-ring (bicyclic) bond motifs is 2. The normalized spacial score (nSPS) is 14.6. The first-order chi connectivity index (χ1) is 22.9. The van der Waals surface area contributed by atoms with Gasteiger partial charge < -0.3 is 0 Å². The van der Waals surface area contributed by atoms with Crippen molar-refractivity contribution < 1.29 is 14.7 Å². The predicted molar refractivity (Wildman–Crippen MR) is 224 cm³/mol. The number of hydrogen-bond donors (Lipinski definition) is 3. The summed E-state index contributed by atoms with van der Waals surface area (Å²) >= 11 is 0. The Morgan fingerprint density at radius 2 is 0.863 bits per heavy atom. The van der Waals surface area contributed by atoms with Crippen molar-refractivity contribution in [3.8, 4) is 11.1 Å². The molecule has 0 aliphatic carbocycles. The first-order valence-electron chi connectivity index (χ1n) is 18.5. The molecule has 0 amide bonds. The Labute approximate surface area is 308 Å². The van der Waals surface area contributed by atoms with E-state index in [-0.39, 0.29) is 26.9 Å². The van der Waals surface area contributed by atoms with Crippen LogP contribution in [0.2, 0.25) is 0 Å². The summed E-state index contributed by atoms with van der Waals surface area (Å²) < 4.78 is 0. The van der Waals surface area contributed by atoms with Crippen LogP contribution >= 0.6 is 7.28 Å². The van der Waals surface area contributed by atoms with Crippen molar-refractivity contribution in [2.24, 2.45) is 0 Å². The van der Waals surface area contributed by atoms with Crippen molar-refractivity contribution in [2.45, 2.75) is 138 Å². The van der Waals surface area contributed by atoms with Gasteiger partial charge in [-0.1, -0.05) is 0 Å². The molecule has 3 nitrogen and oxygen atoms in total. The summed E-state index contributed by atoms with van der Waals surface area (Å²) in [5.74, 6) is 0. The summed E-state index contributed by atoms with van der Waals surface area (Å²) in [6.45, 7) is 34.6. The van der Waals surface area contributed by atoms with Gasteiger partial charge in [-0.3, -0.25) is 0 Å². The van der Waals surface area contributed by atoms with Crippen LogP contribution in [0.15, 0.2) is 72.8 Å². The van der Waals surface area contributed by atoms with Gasteiger partial charge >= 0.3 is 309 Å². The zero-order valence-corrected chi connectivity index (χ0v) is 35.1. The van der Waals surface area contributed by atoms with E-state index < -0.39 is 18.1 Å². The molecule has 0 saturated heterocycles. The van der Waals surface area contributed by atoms with Crippen LogP contribution in [0.4, 0.5) is 0 Å². The van der Waals surface area contributed by atoms with Gasteiger partial charge in [0, 0.05) is 0 Å². The zero-order valence-electron chi connectivity index (χ0n) is 34.2. The monoisotopic (exact) mass is 706 g/mol. The first kappa shape index (κ1) is 39.1. The Morgan fingerprint density at radius 3 is 1.29 bits per heavy atom. The average molecular weight is 707 g/mol. The minimum atomic E-state index is -5.78. The second kappa shape index (κ2) is 12.0. The van der Waals surface area contributed by atoms with E-state index in [0.29, 0.717) is 0 Å². The SMILES string of the molecule is Cc1ccc(P(O)(O)(O)c2cc3ccc(C(C)(C)C)cc3cc2C(C)(C)C)c(C(C)(C)C)c1-c1cc2ccc(C(C)(C)C)cc2cc1C(C)(C)C. The van der Waals surface area contributed by atoms with Gasteiger partial charge in [-0.15, -0.1) is 0 Å². The van der Waals surface area contributed by atoms with Crippen molar-refractivity contribution in [1.29, 1.82) is 0 Å². The number of rotatable bonds is 3. The molecule has 0 aliphatic rings. The third kappa shape index (κ3) is 7.30. The van der Waals surface area contributed by atoms with Gasteiger partial charge in [-0.2, -0.15) is 0 Å². The maximum absolute atomic E-state index is 12.9. The van der Waals surface area contributed by atoms with Crippen LogP contribution in [0.3, 0.4) is 0 Å². The molecule has 4 heteroatoms. The fraction of sp³-hybridized carbons (Fsp3) is 0.447. The van der Waals surface area contributed by atoms with E-state index >= 15 is 0 Å². The minimum absolute atomic E-state index is 0.0218. The molecule has 5 aromatic rings. The molecule has 0 heterocycles. The second-order valence-corrected chi connectivity index (χ2v) is 23.2. The molecule has 0 atom stereocenters. The Bertz CT molecular complexity index is 2160. The third-order valence-electron chi connectivity index (χ3n) is 10.6. The van der Waals surface area contributed by atoms with E-state index in [0.717, 1.165) is 44.0 Å². The average Bonchev–Trinajstić information content (AvgIpc) is 2.96. The van der Waals surface area contributed by atoms with E-state index in [1.165, 1.54) is 22.1 Å². The number of hydrogen-bond acceptors (Lipinski definition) is 3. The van der Waals surface area contributed by atoms with Crippen LogP contribution in [-0.2, 0) is 27.1 Å². The summed E-state index contributed by atoms with van der Waals surface area (Å²) in [7, 11) is -5.78. The van der Waals surface area contributed by atoms with Gasteiger partial charge in [0.2, 0.25) is 0 Å². The summed E-state index contributed by atoms with van der Waals surface area (Å²) in [6.07, 6.45) is 0. The van der Waals surface area contributed by atoms with E-state index in [1.807, 2.05) is 18.2 Å². The van der Waals surface area contributed by atoms with Crippen molar-refractivity contribution in [2.75, 3.05) is 0 Å². The number of benzene rings is 5. The Hall–Kier alpha value is -3.07. The van der Waals surface area contributed by atoms with Crippen molar-refractivity contribution in [3.05, 3.63) is 106 Å². The van der Waals surface area contributed by atoms with Crippen LogP contribution in [0.1, 0.15) is 137 Å². The Balaban J connectivity index is 1.91. The van der Waals surface area contributed by atoms with Gasteiger partial charge in [-0.05, 0) is 0 Å². The van der Waals surface area contributed by atoms with Crippen LogP contribution in [0.5, 0.6) is 0 Å². The predicted octanol–water partition coefficient (Wildman–Crippen LogP) is 11.7. The van der Waals surface area contributed by atoms with Gasteiger partial charge in [0.1, 0.15) is 0 Å². The molecular formula is C47H63O3P. The van der Waals surface area contributed by atoms with E-state index in [9.17, 15) is 14.7 Å². The van der Waals surface area contributed by atoms with E-state index in [4.69, 9.17) is 0 Å². The standard InChI is InChI=1S/C47H63O3P/c1-29-17-22-39(51(48,49,50)40-28-31-19-21-35(44(5,6)7)24-33(31)27-38(40)46(11,12)13)42(47(14,15)16)41(29)36-25-30-18-20-34(43(2,3)4)23-32(30)26-37(36)45(8,9)10/h17-28,48-50H,1-16H3. The topological polar surface area (TPSA) is 60.7 Å². The fourth-order valence-electron chi connectivity index (χ4n) is 7.56. The molecule has 3 N–H and O–H groups in total. The molecule has 0 aliphatic heterocycles. The summed E-state index contributed by atoms with van der Waals surface area (Å²) in [4.78, 5) is 38.6. The fourth-order valence-corrected chi connectivity index (χ4v) is 10.2. The van der Waals surface area contributed by atoms with E-state index in [2.05, 4.69) is 159 Å². The van der Waals surface area contributed by atoms with Crippen molar-refractivity contribution >= 4 is 39.4 Å². The number of aryl methyl sites for hydroxylation is 1. The molecule has 5 aromatic carbocycles. The summed E-state index contributed by atoms with van der Waals surface area (Å²) in [5, 5.41) is 4.60. The van der Waals surface area contributed by atoms with Gasteiger partial charge in [0.15, 0.2) is 0 Å². The van der Waals surface area contributed by atoms with Crippen LogP contribution < -0.4 is 10.6 Å². The summed E-state index contributed by atoms with van der Waals surface area (Å²) in [5.41, 5.74) is 6.89. The molecule has 0 fully saturated rings. The molecule has 0 bridgehead atoms. The van der Waals surface area contributed by atoms with Crippen LogP contribution in [0, 0.1) is 6.92 Å². The van der Waals surface area contributed by atoms with Gasteiger partial charge in [0.25, 0.3) is 0 Å². The molecule has 5 rings (SSSR count). The van der Waals surface area contributed by atoms with Crippen LogP contribution in [0.25, 0.3) is 32.7 Å². The Kier molecular flexibility index (Phi) is 9.19. The van der Waals surface area contributed by atoms with Crippen molar-refractivity contribution in [3.63, 3.8) is 0 Å². The second-order valence-electron chi connectivity index (χ2n) is 20.3. The van der Waals surface area contributed by atoms with E-state index in [1.54, 1.807) is 6.07 Å². The summed E-state index contributed by atoms with van der Waals surface area (Å²) in [6, 6.07) is 25.3.